The van der Waals surface area contributed by atoms with Gasteiger partial charge in [0.1, 0.15) is 0 Å². The smallest absolute Gasteiger partial charge is 0.335 e. The van der Waals surface area contributed by atoms with Crippen molar-refractivity contribution in [1.29, 1.82) is 0 Å². The van der Waals surface area contributed by atoms with Crippen LogP contribution in [-0.2, 0) is 0 Å². The fourth-order valence-electron chi connectivity index (χ4n) is 3.44. The second-order valence-corrected chi connectivity index (χ2v) is 7.07. The third-order valence-corrected chi connectivity index (χ3v) is 4.99. The fraction of sp³-hybridized carbons (Fsp3) is 0.435. The van der Waals surface area contributed by atoms with Gasteiger partial charge in [-0.15, -0.1) is 0 Å². The standard InChI is InChI=1S/C23H30O2/c1-3-4-6-10-18(2)15-16-22(19-11-7-5-8-12-19)20-13-9-14-21(17-20)23(24)25/h5,7-9,11-14,17-18,22H,3-4,6,10,15-16H2,1-2H3,(H,24,25). The minimum absolute atomic E-state index is 0.258. The van der Waals surface area contributed by atoms with Crippen molar-refractivity contribution in [2.45, 2.75) is 58.3 Å². The lowest BCUT2D eigenvalue weighted by Crippen LogP contribution is -2.06. The van der Waals surface area contributed by atoms with E-state index in [-0.39, 0.29) is 5.92 Å². The van der Waals surface area contributed by atoms with Crippen LogP contribution in [0.2, 0.25) is 0 Å². The first kappa shape index (κ1) is 19.2. The van der Waals surface area contributed by atoms with Gasteiger partial charge in [-0.25, -0.2) is 4.79 Å². The molecule has 2 atom stereocenters. The summed E-state index contributed by atoms with van der Waals surface area (Å²) in [7, 11) is 0. The van der Waals surface area contributed by atoms with Crippen LogP contribution in [-0.4, -0.2) is 11.1 Å². The van der Waals surface area contributed by atoms with E-state index in [0.29, 0.717) is 11.5 Å². The van der Waals surface area contributed by atoms with Crippen LogP contribution < -0.4 is 0 Å². The van der Waals surface area contributed by atoms with Gasteiger partial charge in [0.2, 0.25) is 0 Å². The summed E-state index contributed by atoms with van der Waals surface area (Å²) >= 11 is 0. The average Bonchev–Trinajstić information content (AvgIpc) is 2.63. The Kier molecular flexibility index (Phi) is 7.72. The number of benzene rings is 2. The Bertz CT molecular complexity index is 648. The molecule has 2 aromatic rings. The molecular weight excluding hydrogens is 308 g/mol. The molecule has 0 aliphatic heterocycles. The van der Waals surface area contributed by atoms with Crippen LogP contribution in [0.5, 0.6) is 0 Å². The highest BCUT2D eigenvalue weighted by Gasteiger charge is 2.17. The lowest BCUT2D eigenvalue weighted by Gasteiger charge is -2.21. The number of carbonyl (C=O) groups is 1. The SMILES string of the molecule is CCCCCC(C)CCC(c1ccccc1)c1cccc(C(=O)O)c1. The molecule has 2 heteroatoms. The van der Waals surface area contributed by atoms with Gasteiger partial charge >= 0.3 is 5.97 Å². The number of carboxylic acids is 1. The molecule has 0 amide bonds. The summed E-state index contributed by atoms with van der Waals surface area (Å²) in [5, 5.41) is 9.30. The molecule has 0 radical (unpaired) electrons. The van der Waals surface area contributed by atoms with Crippen molar-refractivity contribution in [3.8, 4) is 0 Å². The molecule has 0 saturated heterocycles. The van der Waals surface area contributed by atoms with E-state index in [4.69, 9.17) is 0 Å². The molecule has 0 heterocycles. The molecule has 0 saturated carbocycles. The molecule has 0 aromatic heterocycles. The van der Waals surface area contributed by atoms with Crippen molar-refractivity contribution in [2.75, 3.05) is 0 Å². The summed E-state index contributed by atoms with van der Waals surface area (Å²) in [4.78, 5) is 11.3. The Labute approximate surface area is 151 Å². The minimum atomic E-state index is -0.860. The van der Waals surface area contributed by atoms with Crippen LogP contribution in [0, 0.1) is 5.92 Å². The maximum Gasteiger partial charge on any atom is 0.335 e. The van der Waals surface area contributed by atoms with E-state index in [1.807, 2.05) is 18.2 Å². The molecule has 2 unspecified atom stereocenters. The van der Waals surface area contributed by atoms with Gasteiger partial charge in [-0.2, -0.15) is 0 Å². The summed E-state index contributed by atoms with van der Waals surface area (Å²) in [6, 6.07) is 17.9. The van der Waals surface area contributed by atoms with Gasteiger partial charge in [-0.1, -0.05) is 82.0 Å². The molecule has 2 nitrogen and oxygen atoms in total. The van der Waals surface area contributed by atoms with Gasteiger partial charge in [0.25, 0.3) is 0 Å². The number of rotatable bonds is 10. The second kappa shape index (κ2) is 10.0. The Hall–Kier alpha value is -2.09. The summed E-state index contributed by atoms with van der Waals surface area (Å²) in [5.74, 6) is 0.108. The zero-order valence-electron chi connectivity index (χ0n) is 15.4. The molecule has 0 bridgehead atoms. The highest BCUT2D eigenvalue weighted by Crippen LogP contribution is 2.32. The van der Waals surface area contributed by atoms with Gasteiger partial charge in [-0.3, -0.25) is 0 Å². The molecule has 0 spiro atoms. The van der Waals surface area contributed by atoms with Crippen LogP contribution >= 0.6 is 0 Å². The first-order valence-corrected chi connectivity index (χ1v) is 9.50. The third kappa shape index (κ3) is 6.04. The number of hydrogen-bond donors (Lipinski definition) is 1. The average molecular weight is 338 g/mol. The maximum atomic E-state index is 11.3. The lowest BCUT2D eigenvalue weighted by atomic mass is 9.84. The van der Waals surface area contributed by atoms with Crippen LogP contribution in [0.25, 0.3) is 0 Å². The number of unbranched alkanes of at least 4 members (excludes halogenated alkanes) is 2. The van der Waals surface area contributed by atoms with Gasteiger partial charge in [0.05, 0.1) is 5.56 Å². The lowest BCUT2D eigenvalue weighted by molar-refractivity contribution is 0.0696. The molecule has 25 heavy (non-hydrogen) atoms. The first-order valence-electron chi connectivity index (χ1n) is 9.50. The molecule has 0 fully saturated rings. The quantitative estimate of drug-likeness (QED) is 0.501. The number of hydrogen-bond acceptors (Lipinski definition) is 1. The summed E-state index contributed by atoms with van der Waals surface area (Å²) in [6.45, 7) is 4.58. The van der Waals surface area contributed by atoms with Crippen LogP contribution in [0.15, 0.2) is 54.6 Å². The van der Waals surface area contributed by atoms with Crippen molar-refractivity contribution in [3.05, 3.63) is 71.3 Å². The zero-order valence-corrected chi connectivity index (χ0v) is 15.4. The Morgan fingerprint density at radius 3 is 2.32 bits per heavy atom. The summed E-state index contributed by atoms with van der Waals surface area (Å²) in [6.07, 6.45) is 7.39. The van der Waals surface area contributed by atoms with E-state index in [0.717, 1.165) is 12.0 Å². The van der Waals surface area contributed by atoms with Gasteiger partial charge in [-0.05, 0) is 42.0 Å². The molecule has 2 aromatic carbocycles. The third-order valence-electron chi connectivity index (χ3n) is 4.99. The van der Waals surface area contributed by atoms with E-state index < -0.39 is 5.97 Å². The van der Waals surface area contributed by atoms with Gasteiger partial charge < -0.3 is 5.11 Å². The zero-order chi connectivity index (χ0) is 18.1. The molecule has 0 aliphatic carbocycles. The maximum absolute atomic E-state index is 11.3. The van der Waals surface area contributed by atoms with Crippen molar-refractivity contribution in [1.82, 2.24) is 0 Å². The van der Waals surface area contributed by atoms with E-state index in [2.05, 4.69) is 44.2 Å². The number of carboxylic acid groups (broad SMARTS) is 1. The number of aromatic carboxylic acids is 1. The second-order valence-electron chi connectivity index (χ2n) is 7.07. The minimum Gasteiger partial charge on any atom is -0.478 e. The fourth-order valence-corrected chi connectivity index (χ4v) is 3.44. The van der Waals surface area contributed by atoms with Crippen molar-refractivity contribution in [3.63, 3.8) is 0 Å². The Morgan fingerprint density at radius 2 is 1.64 bits per heavy atom. The largest absolute Gasteiger partial charge is 0.478 e. The van der Waals surface area contributed by atoms with E-state index in [1.54, 1.807) is 6.07 Å². The predicted octanol–water partition coefficient (Wildman–Crippen LogP) is 6.51. The highest BCUT2D eigenvalue weighted by atomic mass is 16.4. The summed E-state index contributed by atoms with van der Waals surface area (Å²) in [5.41, 5.74) is 2.74. The van der Waals surface area contributed by atoms with Crippen LogP contribution in [0.3, 0.4) is 0 Å². The predicted molar refractivity (Wildman–Crippen MR) is 104 cm³/mol. The molecule has 0 aliphatic rings. The molecule has 1 N–H and O–H groups in total. The Balaban J connectivity index is 2.14. The molecular formula is C23H30O2. The Morgan fingerprint density at radius 1 is 0.920 bits per heavy atom. The van der Waals surface area contributed by atoms with E-state index >= 15 is 0 Å². The van der Waals surface area contributed by atoms with Gasteiger partial charge in [0.15, 0.2) is 0 Å². The first-order chi connectivity index (χ1) is 12.1. The monoisotopic (exact) mass is 338 g/mol. The van der Waals surface area contributed by atoms with Crippen LogP contribution in [0.1, 0.15) is 79.8 Å². The summed E-state index contributed by atoms with van der Waals surface area (Å²) < 4.78 is 0. The van der Waals surface area contributed by atoms with Crippen LogP contribution in [0.4, 0.5) is 0 Å². The van der Waals surface area contributed by atoms with Crippen molar-refractivity contribution in [2.24, 2.45) is 5.92 Å². The molecule has 2 rings (SSSR count). The van der Waals surface area contributed by atoms with Crippen molar-refractivity contribution < 1.29 is 9.90 Å². The topological polar surface area (TPSA) is 37.3 Å². The normalized spacial score (nSPS) is 13.4. The van der Waals surface area contributed by atoms with Gasteiger partial charge in [0, 0.05) is 5.92 Å². The van der Waals surface area contributed by atoms with Crippen molar-refractivity contribution >= 4 is 5.97 Å². The van der Waals surface area contributed by atoms with E-state index in [9.17, 15) is 9.90 Å². The molecule has 134 valence electrons. The highest BCUT2D eigenvalue weighted by molar-refractivity contribution is 5.87. The van der Waals surface area contributed by atoms with E-state index in [1.165, 1.54) is 37.7 Å².